The zero-order valence-electron chi connectivity index (χ0n) is 18.3. The molecule has 0 aromatic heterocycles. The van der Waals surface area contributed by atoms with Gasteiger partial charge in [0.15, 0.2) is 10.9 Å². The molecule has 0 aliphatic heterocycles. The van der Waals surface area contributed by atoms with Crippen molar-refractivity contribution in [2.45, 2.75) is 25.7 Å². The van der Waals surface area contributed by atoms with E-state index in [1.165, 1.54) is 25.1 Å². The molecule has 0 saturated carbocycles. The highest BCUT2D eigenvalue weighted by Gasteiger charge is 2.17. The lowest BCUT2D eigenvalue weighted by molar-refractivity contribution is 0.0977. The molecule has 3 aromatic carbocycles. The Hall–Kier alpha value is -3.56. The third-order valence-corrected chi connectivity index (χ3v) is 6.47. The summed E-state index contributed by atoms with van der Waals surface area (Å²) in [5, 5.41) is 5.42. The molecule has 7 nitrogen and oxygen atoms in total. The first-order valence-electron chi connectivity index (χ1n) is 9.99. The number of sulfonamides is 1. The Morgan fingerprint density at radius 1 is 0.848 bits per heavy atom. The number of carbonyl (C=O) groups is 2. The number of benzene rings is 3. The van der Waals surface area contributed by atoms with Gasteiger partial charge in [-0.1, -0.05) is 30.3 Å². The summed E-state index contributed by atoms with van der Waals surface area (Å²) in [7, 11) is -3.78. The third kappa shape index (κ3) is 6.03. The summed E-state index contributed by atoms with van der Waals surface area (Å²) >= 11 is 5.18. The Morgan fingerprint density at radius 3 is 2.03 bits per heavy atom. The van der Waals surface area contributed by atoms with Crippen molar-refractivity contribution in [3.8, 4) is 0 Å². The van der Waals surface area contributed by atoms with Crippen molar-refractivity contribution in [3.63, 3.8) is 0 Å². The van der Waals surface area contributed by atoms with Crippen molar-refractivity contribution in [1.29, 1.82) is 0 Å². The maximum Gasteiger partial charge on any atom is 0.261 e. The normalized spacial score (nSPS) is 10.9. The van der Waals surface area contributed by atoms with E-state index in [0.29, 0.717) is 22.5 Å². The second kappa shape index (κ2) is 9.93. The average molecular weight is 482 g/mol. The van der Waals surface area contributed by atoms with Gasteiger partial charge in [-0.25, -0.2) is 8.42 Å². The van der Waals surface area contributed by atoms with Crippen molar-refractivity contribution >= 4 is 50.4 Å². The van der Waals surface area contributed by atoms with Gasteiger partial charge in [0.2, 0.25) is 0 Å². The molecule has 0 spiro atoms. The topological polar surface area (TPSA) is 104 Å². The lowest BCUT2D eigenvalue weighted by Crippen LogP contribution is -2.34. The Morgan fingerprint density at radius 2 is 1.42 bits per heavy atom. The van der Waals surface area contributed by atoms with Crippen LogP contribution in [0.5, 0.6) is 0 Å². The molecular weight excluding hydrogens is 458 g/mol. The first-order chi connectivity index (χ1) is 15.6. The van der Waals surface area contributed by atoms with E-state index in [2.05, 4.69) is 15.4 Å². The molecule has 9 heteroatoms. The highest BCUT2D eigenvalue weighted by atomic mass is 32.2. The molecule has 170 valence electrons. The van der Waals surface area contributed by atoms with Gasteiger partial charge < -0.3 is 5.32 Å². The number of anilines is 2. The predicted octanol–water partition coefficient (Wildman–Crippen LogP) is 4.43. The SMILES string of the molecule is CC(=O)c1cccc(C(=O)NC(=S)Nc2ccc(S(=O)(=O)Nc3c(C)cccc3C)cc2)c1. The number of aryl methyl sites for hydroxylation is 2. The van der Waals surface area contributed by atoms with E-state index >= 15 is 0 Å². The number of carbonyl (C=O) groups excluding carboxylic acids is 2. The van der Waals surface area contributed by atoms with Gasteiger partial charge in [0, 0.05) is 16.8 Å². The molecule has 0 heterocycles. The van der Waals surface area contributed by atoms with Crippen LogP contribution in [0.4, 0.5) is 11.4 Å². The van der Waals surface area contributed by atoms with Crippen LogP contribution in [-0.2, 0) is 10.0 Å². The van der Waals surface area contributed by atoms with E-state index in [4.69, 9.17) is 12.2 Å². The monoisotopic (exact) mass is 481 g/mol. The highest BCUT2D eigenvalue weighted by Crippen LogP contribution is 2.24. The molecule has 0 atom stereocenters. The molecule has 3 aromatic rings. The molecule has 3 rings (SSSR count). The van der Waals surface area contributed by atoms with E-state index in [1.54, 1.807) is 30.3 Å². The fraction of sp³-hybridized carbons (Fsp3) is 0.125. The summed E-state index contributed by atoms with van der Waals surface area (Å²) in [4.78, 5) is 24.0. The average Bonchev–Trinajstić information content (AvgIpc) is 2.77. The van der Waals surface area contributed by atoms with Crippen LogP contribution in [-0.4, -0.2) is 25.2 Å². The molecule has 0 saturated heterocycles. The van der Waals surface area contributed by atoms with Crippen LogP contribution >= 0.6 is 12.2 Å². The van der Waals surface area contributed by atoms with Gasteiger partial charge in [-0.2, -0.15) is 0 Å². The molecule has 0 fully saturated rings. The number of hydrogen-bond acceptors (Lipinski definition) is 5. The molecule has 0 unspecified atom stereocenters. The highest BCUT2D eigenvalue weighted by molar-refractivity contribution is 7.92. The number of thiocarbonyl (C=S) groups is 1. The summed E-state index contributed by atoms with van der Waals surface area (Å²) in [5.41, 5.74) is 3.43. The van der Waals surface area contributed by atoms with Crippen LogP contribution < -0.4 is 15.4 Å². The van der Waals surface area contributed by atoms with Crippen molar-refractivity contribution in [3.05, 3.63) is 89.0 Å². The minimum Gasteiger partial charge on any atom is -0.332 e. The second-order valence-corrected chi connectivity index (χ2v) is 9.53. The standard InChI is InChI=1S/C24H23N3O4S2/c1-15-6-4-7-16(2)22(15)27-33(30,31)21-12-10-20(11-13-21)25-24(32)26-23(29)19-9-5-8-18(14-19)17(3)28/h4-14,27H,1-3H3,(H2,25,26,29,32). The van der Waals surface area contributed by atoms with Crippen molar-refractivity contribution in [2.75, 3.05) is 10.0 Å². The Kier molecular flexibility index (Phi) is 7.25. The molecule has 3 N–H and O–H groups in total. The van der Waals surface area contributed by atoms with E-state index in [9.17, 15) is 18.0 Å². The van der Waals surface area contributed by atoms with Crippen LogP contribution in [0.25, 0.3) is 0 Å². The first kappa shape index (κ1) is 24.1. The lowest BCUT2D eigenvalue weighted by Gasteiger charge is -2.14. The van der Waals surface area contributed by atoms with E-state index < -0.39 is 15.9 Å². The van der Waals surface area contributed by atoms with Crippen LogP contribution in [0.2, 0.25) is 0 Å². The number of rotatable bonds is 6. The third-order valence-electron chi connectivity index (χ3n) is 4.90. The Bertz CT molecular complexity index is 1310. The summed E-state index contributed by atoms with van der Waals surface area (Å²) < 4.78 is 28.2. The number of nitrogens with one attached hydrogen (secondary N) is 3. The molecule has 0 bridgehead atoms. The summed E-state index contributed by atoms with van der Waals surface area (Å²) in [6.07, 6.45) is 0. The second-order valence-electron chi connectivity index (χ2n) is 7.44. The molecule has 0 aliphatic rings. The van der Waals surface area contributed by atoms with Crippen LogP contribution in [0, 0.1) is 13.8 Å². The summed E-state index contributed by atoms with van der Waals surface area (Å²) in [5.74, 6) is -0.611. The van der Waals surface area contributed by atoms with Crippen molar-refractivity contribution in [1.82, 2.24) is 5.32 Å². The first-order valence-corrected chi connectivity index (χ1v) is 11.9. The zero-order valence-corrected chi connectivity index (χ0v) is 19.9. The van der Waals surface area contributed by atoms with E-state index in [1.807, 2.05) is 32.0 Å². The smallest absolute Gasteiger partial charge is 0.261 e. The number of Topliss-reactive ketones (excluding diaryl/α,β-unsaturated/α-hetero) is 1. The fourth-order valence-corrected chi connectivity index (χ4v) is 4.52. The summed E-state index contributed by atoms with van der Waals surface area (Å²) in [6.45, 7) is 5.09. The van der Waals surface area contributed by atoms with Gasteiger partial charge >= 0.3 is 0 Å². The minimum atomic E-state index is -3.78. The number of para-hydroxylation sites is 1. The largest absolute Gasteiger partial charge is 0.332 e. The zero-order chi connectivity index (χ0) is 24.2. The number of amides is 1. The molecule has 0 aliphatic carbocycles. The predicted molar refractivity (Wildman–Crippen MR) is 133 cm³/mol. The van der Waals surface area contributed by atoms with Crippen LogP contribution in [0.15, 0.2) is 71.6 Å². The Labute approximate surface area is 198 Å². The maximum atomic E-state index is 12.8. The number of ketones is 1. The van der Waals surface area contributed by atoms with E-state index in [-0.39, 0.29) is 15.8 Å². The van der Waals surface area contributed by atoms with Crippen LogP contribution in [0.3, 0.4) is 0 Å². The van der Waals surface area contributed by atoms with Gasteiger partial charge in [0.05, 0.1) is 10.6 Å². The molecule has 1 amide bonds. The number of hydrogen-bond donors (Lipinski definition) is 3. The van der Waals surface area contributed by atoms with Crippen LogP contribution in [0.1, 0.15) is 38.8 Å². The molecule has 33 heavy (non-hydrogen) atoms. The molecular formula is C24H23N3O4S2. The van der Waals surface area contributed by atoms with Crippen molar-refractivity contribution in [2.24, 2.45) is 0 Å². The quantitative estimate of drug-likeness (QED) is 0.355. The van der Waals surface area contributed by atoms with Gasteiger partial charge in [-0.15, -0.1) is 0 Å². The summed E-state index contributed by atoms with van der Waals surface area (Å²) in [6, 6.07) is 17.8. The lowest BCUT2D eigenvalue weighted by atomic mass is 10.1. The van der Waals surface area contributed by atoms with Gasteiger partial charge in [-0.3, -0.25) is 19.6 Å². The fourth-order valence-electron chi connectivity index (χ4n) is 3.10. The van der Waals surface area contributed by atoms with Gasteiger partial charge in [0.1, 0.15) is 0 Å². The van der Waals surface area contributed by atoms with Crippen molar-refractivity contribution < 1.29 is 18.0 Å². The van der Waals surface area contributed by atoms with E-state index in [0.717, 1.165) is 11.1 Å². The van der Waals surface area contributed by atoms with Gasteiger partial charge in [0.25, 0.3) is 15.9 Å². The minimum absolute atomic E-state index is 0.0393. The maximum absolute atomic E-state index is 12.8. The Balaban J connectivity index is 1.66. The molecule has 0 radical (unpaired) electrons. The van der Waals surface area contributed by atoms with Gasteiger partial charge in [-0.05, 0) is 80.5 Å².